The number of ether oxygens (including phenoxy) is 1. The lowest BCUT2D eigenvalue weighted by molar-refractivity contribution is -0.119. The van der Waals surface area contributed by atoms with E-state index in [1.807, 2.05) is 0 Å². The predicted molar refractivity (Wildman–Crippen MR) is 98.9 cm³/mol. The van der Waals surface area contributed by atoms with Crippen LogP contribution < -0.4 is 10.9 Å². The second kappa shape index (κ2) is 7.87. The van der Waals surface area contributed by atoms with Crippen LogP contribution in [0, 0.1) is 12.7 Å². The van der Waals surface area contributed by atoms with Gasteiger partial charge >= 0.3 is 5.97 Å². The number of aromatic nitrogens is 3. The number of hydrogen-bond acceptors (Lipinski definition) is 5. The van der Waals surface area contributed by atoms with E-state index in [-0.39, 0.29) is 16.9 Å². The number of nitrogens with zero attached hydrogens (tertiary/aromatic N) is 3. The standard InChI is InChI=1S/C19H17FN4O4/c1-12-9-16(24(22-12)15-5-3-14(20)4-6-15)21-17(25)11-28-19(27)13-7-8-23(2)18(26)10-13/h3-10H,11H2,1-2H3,(H,21,25). The van der Waals surface area contributed by atoms with Crippen LogP contribution in [-0.2, 0) is 16.6 Å². The van der Waals surface area contributed by atoms with Crippen molar-refractivity contribution in [1.29, 1.82) is 0 Å². The van der Waals surface area contributed by atoms with E-state index < -0.39 is 18.5 Å². The van der Waals surface area contributed by atoms with Crippen molar-refractivity contribution in [1.82, 2.24) is 14.3 Å². The van der Waals surface area contributed by atoms with Crippen molar-refractivity contribution in [2.75, 3.05) is 11.9 Å². The van der Waals surface area contributed by atoms with Crippen LogP contribution in [0.5, 0.6) is 0 Å². The van der Waals surface area contributed by atoms with Crippen molar-refractivity contribution in [3.8, 4) is 5.69 Å². The summed E-state index contributed by atoms with van der Waals surface area (Å²) in [5.41, 5.74) is 0.888. The van der Waals surface area contributed by atoms with Crippen LogP contribution >= 0.6 is 0 Å². The maximum absolute atomic E-state index is 13.1. The van der Waals surface area contributed by atoms with E-state index in [4.69, 9.17) is 4.74 Å². The van der Waals surface area contributed by atoms with Gasteiger partial charge in [0.25, 0.3) is 11.5 Å². The monoisotopic (exact) mass is 384 g/mol. The van der Waals surface area contributed by atoms with Crippen molar-refractivity contribution in [2.24, 2.45) is 7.05 Å². The zero-order valence-electron chi connectivity index (χ0n) is 15.2. The van der Waals surface area contributed by atoms with E-state index in [0.29, 0.717) is 17.2 Å². The summed E-state index contributed by atoms with van der Waals surface area (Å²) in [6, 6.07) is 9.79. The fourth-order valence-corrected chi connectivity index (χ4v) is 2.44. The van der Waals surface area contributed by atoms with E-state index in [1.165, 1.54) is 45.8 Å². The molecule has 1 amide bonds. The third-order valence-electron chi connectivity index (χ3n) is 3.84. The number of benzene rings is 1. The summed E-state index contributed by atoms with van der Waals surface area (Å²) in [7, 11) is 1.55. The van der Waals surface area contributed by atoms with Crippen molar-refractivity contribution in [2.45, 2.75) is 6.92 Å². The molecular weight excluding hydrogens is 367 g/mol. The van der Waals surface area contributed by atoms with Crippen molar-refractivity contribution in [3.63, 3.8) is 0 Å². The number of halogens is 1. The Morgan fingerprint density at radius 1 is 1.18 bits per heavy atom. The van der Waals surface area contributed by atoms with Gasteiger partial charge in [-0.25, -0.2) is 13.9 Å². The number of rotatable bonds is 5. The quantitative estimate of drug-likeness (QED) is 0.677. The number of esters is 1. The summed E-state index contributed by atoms with van der Waals surface area (Å²) >= 11 is 0. The van der Waals surface area contributed by atoms with Crippen LogP contribution in [0.4, 0.5) is 10.2 Å². The smallest absolute Gasteiger partial charge is 0.338 e. The van der Waals surface area contributed by atoms with Crippen LogP contribution in [0.1, 0.15) is 16.1 Å². The molecule has 28 heavy (non-hydrogen) atoms. The minimum atomic E-state index is -0.781. The zero-order valence-corrected chi connectivity index (χ0v) is 15.2. The Morgan fingerprint density at radius 2 is 1.89 bits per heavy atom. The van der Waals surface area contributed by atoms with Gasteiger partial charge in [-0.05, 0) is 37.3 Å². The Labute approximate surface area is 159 Å². The predicted octanol–water partition coefficient (Wildman–Crippen LogP) is 1.81. The van der Waals surface area contributed by atoms with Crippen LogP contribution in [0.15, 0.2) is 53.5 Å². The number of amides is 1. The molecule has 0 radical (unpaired) electrons. The summed E-state index contributed by atoms with van der Waals surface area (Å²) < 4.78 is 20.8. The Hall–Kier alpha value is -3.75. The molecule has 2 aromatic heterocycles. The van der Waals surface area contributed by atoms with Gasteiger partial charge < -0.3 is 14.6 Å². The zero-order chi connectivity index (χ0) is 20.3. The summed E-state index contributed by atoms with van der Waals surface area (Å²) in [4.78, 5) is 35.7. The fraction of sp³-hybridized carbons (Fsp3) is 0.158. The molecule has 2 heterocycles. The second-order valence-electron chi connectivity index (χ2n) is 6.05. The number of carbonyl (C=O) groups is 2. The van der Waals surface area contributed by atoms with Crippen LogP contribution in [0.2, 0.25) is 0 Å². The average molecular weight is 384 g/mol. The Kier molecular flexibility index (Phi) is 5.35. The molecule has 9 heteroatoms. The summed E-state index contributed by atoms with van der Waals surface area (Å²) in [5.74, 6) is -1.41. The van der Waals surface area contributed by atoms with E-state index in [2.05, 4.69) is 10.4 Å². The molecular formula is C19H17FN4O4. The van der Waals surface area contributed by atoms with Gasteiger partial charge in [0.15, 0.2) is 6.61 Å². The topological polar surface area (TPSA) is 95.2 Å². The number of nitrogens with one attached hydrogen (secondary N) is 1. The lowest BCUT2D eigenvalue weighted by atomic mass is 10.3. The van der Waals surface area contributed by atoms with E-state index in [1.54, 1.807) is 20.0 Å². The normalized spacial score (nSPS) is 10.5. The molecule has 3 rings (SSSR count). The van der Waals surface area contributed by atoms with Gasteiger partial charge in [-0.2, -0.15) is 5.10 Å². The minimum Gasteiger partial charge on any atom is -0.452 e. The number of anilines is 1. The van der Waals surface area contributed by atoms with Crippen LogP contribution in [-0.4, -0.2) is 32.8 Å². The van der Waals surface area contributed by atoms with Gasteiger partial charge in [0, 0.05) is 25.4 Å². The highest BCUT2D eigenvalue weighted by molar-refractivity contribution is 5.95. The molecule has 0 atom stereocenters. The second-order valence-corrected chi connectivity index (χ2v) is 6.05. The summed E-state index contributed by atoms with van der Waals surface area (Å²) in [5, 5.41) is 6.86. The Bertz CT molecular complexity index is 1090. The number of aryl methyl sites for hydroxylation is 2. The van der Waals surface area contributed by atoms with Gasteiger partial charge in [0.1, 0.15) is 11.6 Å². The molecule has 144 valence electrons. The average Bonchev–Trinajstić information content (AvgIpc) is 3.02. The highest BCUT2D eigenvalue weighted by atomic mass is 19.1. The Morgan fingerprint density at radius 3 is 2.57 bits per heavy atom. The molecule has 0 aliphatic heterocycles. The molecule has 1 N–H and O–H groups in total. The summed E-state index contributed by atoms with van der Waals surface area (Å²) in [6.45, 7) is 1.20. The van der Waals surface area contributed by atoms with Gasteiger partial charge in [-0.3, -0.25) is 9.59 Å². The largest absolute Gasteiger partial charge is 0.452 e. The number of pyridine rings is 1. The van der Waals surface area contributed by atoms with Gasteiger partial charge in [0.05, 0.1) is 16.9 Å². The maximum atomic E-state index is 13.1. The molecule has 0 spiro atoms. The fourth-order valence-electron chi connectivity index (χ4n) is 2.44. The van der Waals surface area contributed by atoms with E-state index >= 15 is 0 Å². The molecule has 0 saturated heterocycles. The molecule has 0 fully saturated rings. The molecule has 0 aliphatic rings. The number of carbonyl (C=O) groups excluding carboxylic acids is 2. The SMILES string of the molecule is Cc1cc(NC(=O)COC(=O)c2ccn(C)c(=O)c2)n(-c2ccc(F)cc2)n1. The molecule has 0 saturated carbocycles. The summed E-state index contributed by atoms with van der Waals surface area (Å²) in [6.07, 6.45) is 1.43. The lowest BCUT2D eigenvalue weighted by Crippen LogP contribution is -2.23. The minimum absolute atomic E-state index is 0.0584. The Balaban J connectivity index is 1.67. The highest BCUT2D eigenvalue weighted by Gasteiger charge is 2.14. The third kappa shape index (κ3) is 4.32. The first-order valence-corrected chi connectivity index (χ1v) is 8.30. The van der Waals surface area contributed by atoms with Crippen molar-refractivity contribution < 1.29 is 18.7 Å². The van der Waals surface area contributed by atoms with Crippen molar-refractivity contribution >= 4 is 17.7 Å². The molecule has 0 unspecified atom stereocenters. The number of hydrogen-bond donors (Lipinski definition) is 1. The van der Waals surface area contributed by atoms with Crippen LogP contribution in [0.25, 0.3) is 5.69 Å². The van der Waals surface area contributed by atoms with Crippen molar-refractivity contribution in [3.05, 3.63) is 76.1 Å². The lowest BCUT2D eigenvalue weighted by Gasteiger charge is -2.09. The molecule has 0 bridgehead atoms. The maximum Gasteiger partial charge on any atom is 0.338 e. The first-order valence-electron chi connectivity index (χ1n) is 8.30. The molecule has 8 nitrogen and oxygen atoms in total. The van der Waals surface area contributed by atoms with Gasteiger partial charge in [0.2, 0.25) is 0 Å². The van der Waals surface area contributed by atoms with Crippen LogP contribution in [0.3, 0.4) is 0 Å². The van der Waals surface area contributed by atoms with Gasteiger partial charge in [-0.15, -0.1) is 0 Å². The molecule has 1 aromatic carbocycles. The van der Waals surface area contributed by atoms with Gasteiger partial charge in [-0.1, -0.05) is 0 Å². The third-order valence-corrected chi connectivity index (χ3v) is 3.84. The highest BCUT2D eigenvalue weighted by Crippen LogP contribution is 2.17. The molecule has 0 aliphatic carbocycles. The van der Waals surface area contributed by atoms with E-state index in [9.17, 15) is 18.8 Å². The van der Waals surface area contributed by atoms with E-state index in [0.717, 1.165) is 6.07 Å². The first-order chi connectivity index (χ1) is 13.3. The molecule has 3 aromatic rings. The first kappa shape index (κ1) is 19.0.